The molecule has 0 radical (unpaired) electrons. The van der Waals surface area contributed by atoms with Gasteiger partial charge in [-0.25, -0.2) is 0 Å². The minimum atomic E-state index is -0.507. The zero-order chi connectivity index (χ0) is 27.8. The van der Waals surface area contributed by atoms with E-state index in [2.05, 4.69) is 32.0 Å². The van der Waals surface area contributed by atoms with Gasteiger partial charge in [-0.1, -0.05) is 47.0 Å². The molecule has 2 aliphatic rings. The number of nitriles is 1. The first-order chi connectivity index (χ1) is 18.7. The van der Waals surface area contributed by atoms with Crippen molar-refractivity contribution in [3.8, 4) is 6.07 Å². The minimum absolute atomic E-state index is 0.0733. The summed E-state index contributed by atoms with van der Waals surface area (Å²) in [7, 11) is 0. The van der Waals surface area contributed by atoms with Gasteiger partial charge in [-0.15, -0.1) is 11.8 Å². The lowest BCUT2D eigenvalue weighted by Gasteiger charge is -2.40. The molecule has 1 unspecified atom stereocenters. The van der Waals surface area contributed by atoms with E-state index < -0.39 is 5.92 Å². The zero-order valence-electron chi connectivity index (χ0n) is 22.1. The molecule has 0 saturated heterocycles. The van der Waals surface area contributed by atoms with Crippen LogP contribution in [-0.2, 0) is 10.5 Å². The third kappa shape index (κ3) is 5.22. The number of aryl methyl sites for hydroxylation is 2. The summed E-state index contributed by atoms with van der Waals surface area (Å²) in [6.07, 6.45) is 1.90. The van der Waals surface area contributed by atoms with Crippen LogP contribution in [0.3, 0.4) is 0 Å². The first-order valence-corrected chi connectivity index (χ1v) is 14.6. The van der Waals surface area contributed by atoms with E-state index in [-0.39, 0.29) is 5.78 Å². The van der Waals surface area contributed by atoms with Gasteiger partial charge >= 0.3 is 0 Å². The minimum Gasteiger partial charge on any atom is -0.384 e. The number of nitrogens with zero attached hydrogens (tertiary/aromatic N) is 2. The number of carbonyl (C=O) groups excluding carboxylic acids is 1. The fourth-order valence-electron chi connectivity index (χ4n) is 5.60. The van der Waals surface area contributed by atoms with Gasteiger partial charge in [0.1, 0.15) is 5.82 Å². The summed E-state index contributed by atoms with van der Waals surface area (Å²) < 4.78 is 0. The van der Waals surface area contributed by atoms with Gasteiger partial charge in [0.25, 0.3) is 0 Å². The van der Waals surface area contributed by atoms with Gasteiger partial charge in [0.15, 0.2) is 5.78 Å². The molecule has 0 fully saturated rings. The highest BCUT2D eigenvalue weighted by atomic mass is 35.5. The molecule has 3 aromatic rings. The molecule has 4 nitrogen and oxygen atoms in total. The highest BCUT2D eigenvalue weighted by Crippen LogP contribution is 2.48. The summed E-state index contributed by atoms with van der Waals surface area (Å²) >= 11 is 14.2. The molecule has 1 aliphatic carbocycles. The normalized spacial score (nSPS) is 17.4. The Kier molecular flexibility index (Phi) is 7.82. The lowest BCUT2D eigenvalue weighted by atomic mass is 9.73. The van der Waals surface area contributed by atoms with Gasteiger partial charge in [-0.05, 0) is 92.3 Å². The Bertz CT molecular complexity index is 1580. The second-order valence-corrected chi connectivity index (χ2v) is 12.0. The van der Waals surface area contributed by atoms with E-state index in [0.717, 1.165) is 50.7 Å². The summed E-state index contributed by atoms with van der Waals surface area (Å²) in [5.74, 6) is 0.681. The number of rotatable bonds is 5. The number of benzene rings is 3. The van der Waals surface area contributed by atoms with E-state index in [4.69, 9.17) is 28.9 Å². The maximum atomic E-state index is 13.6. The van der Waals surface area contributed by atoms with Crippen LogP contribution in [0.25, 0.3) is 0 Å². The molecule has 198 valence electrons. The lowest BCUT2D eigenvalue weighted by Crippen LogP contribution is -2.39. The summed E-state index contributed by atoms with van der Waals surface area (Å²) in [6.45, 7) is 6.12. The molecular weight excluding hydrogens is 545 g/mol. The summed E-state index contributed by atoms with van der Waals surface area (Å²) in [4.78, 5) is 16.7. The predicted molar refractivity (Wildman–Crippen MR) is 161 cm³/mol. The molecule has 0 bridgehead atoms. The van der Waals surface area contributed by atoms with Crippen LogP contribution in [0.1, 0.15) is 53.0 Å². The summed E-state index contributed by atoms with van der Waals surface area (Å²) in [5.41, 5.74) is 14.8. The van der Waals surface area contributed by atoms with E-state index in [1.165, 1.54) is 5.56 Å². The van der Waals surface area contributed by atoms with E-state index in [1.807, 2.05) is 54.3 Å². The lowest BCUT2D eigenvalue weighted by molar-refractivity contribution is -0.116. The van der Waals surface area contributed by atoms with Crippen molar-refractivity contribution in [2.24, 2.45) is 5.73 Å². The molecule has 0 amide bonds. The summed E-state index contributed by atoms with van der Waals surface area (Å²) in [5, 5.41) is 11.8. The molecule has 7 heteroatoms. The van der Waals surface area contributed by atoms with Crippen LogP contribution < -0.4 is 10.6 Å². The smallest absolute Gasteiger partial charge is 0.161 e. The van der Waals surface area contributed by atoms with Crippen LogP contribution >= 0.6 is 35.0 Å². The highest BCUT2D eigenvalue weighted by molar-refractivity contribution is 7.98. The number of thioether (sulfide) groups is 1. The van der Waals surface area contributed by atoms with Crippen molar-refractivity contribution in [1.29, 1.82) is 5.26 Å². The molecular formula is C32H29Cl2N3OS. The topological polar surface area (TPSA) is 70.1 Å². The number of carbonyl (C=O) groups is 1. The van der Waals surface area contributed by atoms with Gasteiger partial charge in [0.05, 0.1) is 23.2 Å². The Hall–Kier alpha value is -3.17. The SMILES string of the molecule is Cc1cc(CSc2ccc(Cl)cc2)c(C)c(C2C(C#N)=C(N)N(c3cc(Cl)ccc3C)C3=C2C(=O)CCC3)c1. The second kappa shape index (κ2) is 11.1. The van der Waals surface area contributed by atoms with Crippen molar-refractivity contribution in [3.63, 3.8) is 0 Å². The van der Waals surface area contributed by atoms with E-state index >= 15 is 0 Å². The van der Waals surface area contributed by atoms with E-state index in [0.29, 0.717) is 39.9 Å². The standard InChI is InChI=1S/C32H29Cl2N3OS/c1-18-13-21(17-39-24-11-9-22(33)10-12-24)20(3)25(14-18)30-26(16-35)32(36)37(27-5-4-6-29(38)31(27)30)28-15-23(34)8-7-19(28)2/h7-15,30H,4-6,17,36H2,1-3H3. The largest absolute Gasteiger partial charge is 0.384 e. The molecule has 2 N–H and O–H groups in total. The number of halogens is 2. The second-order valence-electron chi connectivity index (χ2n) is 10.1. The van der Waals surface area contributed by atoms with Crippen LogP contribution in [0.4, 0.5) is 5.69 Å². The third-order valence-electron chi connectivity index (χ3n) is 7.54. The van der Waals surface area contributed by atoms with Crippen LogP contribution in [0.15, 0.2) is 82.2 Å². The van der Waals surface area contributed by atoms with Crippen molar-refractivity contribution < 1.29 is 4.79 Å². The number of hydrogen-bond donors (Lipinski definition) is 1. The molecule has 1 atom stereocenters. The van der Waals surface area contributed by atoms with Crippen molar-refractivity contribution in [1.82, 2.24) is 0 Å². The van der Waals surface area contributed by atoms with Crippen LogP contribution in [0, 0.1) is 32.1 Å². The van der Waals surface area contributed by atoms with Gasteiger partial charge in [-0.2, -0.15) is 5.26 Å². The molecule has 39 heavy (non-hydrogen) atoms. The van der Waals surface area contributed by atoms with Crippen molar-refractivity contribution in [3.05, 3.63) is 115 Å². The third-order valence-corrected chi connectivity index (χ3v) is 9.09. The van der Waals surface area contributed by atoms with Gasteiger partial charge in [0, 0.05) is 38.4 Å². The number of nitrogens with two attached hydrogens (primary N) is 1. The zero-order valence-corrected chi connectivity index (χ0v) is 24.5. The molecule has 0 spiro atoms. The average molecular weight is 575 g/mol. The van der Waals surface area contributed by atoms with E-state index in [9.17, 15) is 10.1 Å². The Morgan fingerprint density at radius 3 is 2.46 bits per heavy atom. The van der Waals surface area contributed by atoms with Gasteiger partial charge in [0.2, 0.25) is 0 Å². The number of anilines is 1. The molecule has 3 aromatic carbocycles. The fourth-order valence-corrected chi connectivity index (χ4v) is 6.84. The molecule has 1 heterocycles. The number of Topliss-reactive ketones (excluding diaryl/α,β-unsaturated/α-hetero) is 1. The molecule has 0 aromatic heterocycles. The quantitative estimate of drug-likeness (QED) is 0.310. The van der Waals surface area contributed by atoms with Crippen molar-refractivity contribution >= 4 is 46.4 Å². The van der Waals surface area contributed by atoms with Gasteiger partial charge in [-0.3, -0.25) is 9.69 Å². The first kappa shape index (κ1) is 27.4. The number of allylic oxidation sites excluding steroid dienone is 3. The maximum absolute atomic E-state index is 13.6. The predicted octanol–water partition coefficient (Wildman–Crippen LogP) is 8.52. The fraction of sp³-hybridized carbons (Fsp3) is 0.250. The Morgan fingerprint density at radius 2 is 1.74 bits per heavy atom. The van der Waals surface area contributed by atoms with Crippen molar-refractivity contribution in [2.45, 2.75) is 56.6 Å². The van der Waals surface area contributed by atoms with Crippen LogP contribution in [0.5, 0.6) is 0 Å². The van der Waals surface area contributed by atoms with Crippen molar-refractivity contribution in [2.75, 3.05) is 4.90 Å². The average Bonchev–Trinajstić information content (AvgIpc) is 2.91. The Morgan fingerprint density at radius 1 is 1.03 bits per heavy atom. The Labute approximate surface area is 244 Å². The summed E-state index contributed by atoms with van der Waals surface area (Å²) in [6, 6.07) is 20.1. The highest BCUT2D eigenvalue weighted by Gasteiger charge is 2.41. The Balaban J connectivity index is 1.65. The number of hydrogen-bond acceptors (Lipinski definition) is 5. The first-order valence-electron chi connectivity index (χ1n) is 12.9. The number of ketones is 1. The maximum Gasteiger partial charge on any atom is 0.161 e. The molecule has 0 saturated carbocycles. The van der Waals surface area contributed by atoms with Crippen LogP contribution in [-0.4, -0.2) is 5.78 Å². The molecule has 1 aliphatic heterocycles. The monoisotopic (exact) mass is 573 g/mol. The van der Waals surface area contributed by atoms with E-state index in [1.54, 1.807) is 11.8 Å². The molecule has 5 rings (SSSR count). The van der Waals surface area contributed by atoms with Gasteiger partial charge < -0.3 is 5.73 Å². The van der Waals surface area contributed by atoms with Crippen LogP contribution in [0.2, 0.25) is 10.0 Å².